The molecule has 0 aliphatic heterocycles. The summed E-state index contributed by atoms with van der Waals surface area (Å²) in [6.07, 6.45) is 3.78. The Morgan fingerprint density at radius 1 is 0.524 bits per heavy atom. The minimum atomic E-state index is 0.878. The van der Waals surface area contributed by atoms with Gasteiger partial charge in [0.1, 0.15) is 11.3 Å². The lowest BCUT2D eigenvalue weighted by Gasteiger charge is -2.11. The van der Waals surface area contributed by atoms with E-state index in [1.807, 2.05) is 36.7 Å². The van der Waals surface area contributed by atoms with Crippen LogP contribution in [0.25, 0.3) is 82.7 Å². The van der Waals surface area contributed by atoms with E-state index >= 15 is 0 Å². The van der Waals surface area contributed by atoms with Crippen LogP contribution < -0.4 is 0 Å². The van der Waals surface area contributed by atoms with Gasteiger partial charge >= 0.3 is 0 Å². The zero-order chi connectivity index (χ0) is 27.6. The number of hydrogen-bond donors (Lipinski definition) is 0. The van der Waals surface area contributed by atoms with E-state index in [4.69, 9.17) is 9.40 Å². The third kappa shape index (κ3) is 3.42. The van der Waals surface area contributed by atoms with Crippen LogP contribution in [0.2, 0.25) is 0 Å². The molecule has 9 aromatic rings. The van der Waals surface area contributed by atoms with Crippen LogP contribution in [0.4, 0.5) is 0 Å². The van der Waals surface area contributed by atoms with Crippen molar-refractivity contribution in [3.63, 3.8) is 0 Å². The van der Waals surface area contributed by atoms with Crippen molar-refractivity contribution in [3.8, 4) is 28.1 Å². The Balaban J connectivity index is 1.24. The average molecular weight is 538 g/mol. The van der Waals surface area contributed by atoms with Gasteiger partial charge in [0.15, 0.2) is 0 Å². The zero-order valence-electron chi connectivity index (χ0n) is 22.5. The van der Waals surface area contributed by atoms with Gasteiger partial charge in [0.05, 0.1) is 27.5 Å². The maximum Gasteiger partial charge on any atom is 0.144 e. The van der Waals surface area contributed by atoms with Crippen LogP contribution in [0.5, 0.6) is 0 Å². The Morgan fingerprint density at radius 3 is 2.29 bits per heavy atom. The minimum Gasteiger partial charge on any atom is -0.455 e. The van der Waals surface area contributed by atoms with Crippen LogP contribution in [0, 0.1) is 0 Å². The van der Waals surface area contributed by atoms with Crippen LogP contribution in [0.15, 0.2) is 144 Å². The number of benzene rings is 5. The third-order valence-corrected chi connectivity index (χ3v) is 8.24. The summed E-state index contributed by atoms with van der Waals surface area (Å²) in [5.41, 5.74) is 9.37. The number of furan rings is 1. The Hall–Kier alpha value is -5.74. The second-order valence-electron chi connectivity index (χ2n) is 10.7. The van der Waals surface area contributed by atoms with E-state index in [-0.39, 0.29) is 0 Å². The Kier molecular flexibility index (Phi) is 4.87. The first-order valence-electron chi connectivity index (χ1n) is 14.1. The summed E-state index contributed by atoms with van der Waals surface area (Å²) >= 11 is 0. The van der Waals surface area contributed by atoms with Gasteiger partial charge in [-0.25, -0.2) is 0 Å². The molecular weight excluding hydrogens is 514 g/mol. The van der Waals surface area contributed by atoms with Gasteiger partial charge in [0, 0.05) is 50.8 Å². The molecule has 5 aromatic carbocycles. The van der Waals surface area contributed by atoms with Crippen molar-refractivity contribution in [2.24, 2.45) is 0 Å². The molecule has 4 nitrogen and oxygen atoms in total. The van der Waals surface area contributed by atoms with Crippen molar-refractivity contribution in [2.75, 3.05) is 0 Å². The first-order valence-corrected chi connectivity index (χ1v) is 14.1. The summed E-state index contributed by atoms with van der Waals surface area (Å²) in [5.74, 6) is 0.878. The van der Waals surface area contributed by atoms with E-state index in [0.29, 0.717) is 0 Å². The molecule has 0 aliphatic rings. The predicted octanol–water partition coefficient (Wildman–Crippen LogP) is 9.96. The molecule has 9 rings (SSSR count). The highest BCUT2D eigenvalue weighted by atomic mass is 16.3. The van der Waals surface area contributed by atoms with E-state index in [1.54, 1.807) is 0 Å². The molecule has 0 bridgehead atoms. The summed E-state index contributed by atoms with van der Waals surface area (Å²) in [6.45, 7) is 0. The summed E-state index contributed by atoms with van der Waals surface area (Å²) in [4.78, 5) is 9.44. The lowest BCUT2D eigenvalue weighted by molar-refractivity contribution is 0.635. The zero-order valence-corrected chi connectivity index (χ0v) is 22.5. The van der Waals surface area contributed by atoms with Gasteiger partial charge in [0.2, 0.25) is 0 Å². The standard InChI is InChI=1S/C38H23N3O/c1-2-8-24(9-3-1)34-22-28-17-18-33-35(38(28)42-34)31-13-4-5-14-32(31)41(33)30-12-6-10-26(21-30)29-20-27-16-15-25-11-7-19-39-36(25)37(27)40-23-29/h1-23H. The third-order valence-electron chi connectivity index (χ3n) is 8.24. The quantitative estimate of drug-likeness (QED) is 0.211. The molecule has 4 heterocycles. The SMILES string of the molecule is c1ccc(-c2cc3ccc4c(c5ccccc5n4-c4cccc(-c5cnc6c(ccc7cccnc76)c5)c4)c3o2)cc1. The van der Waals surface area contributed by atoms with Gasteiger partial charge in [-0.05, 0) is 54.1 Å². The normalized spacial score (nSPS) is 11.8. The van der Waals surface area contributed by atoms with Crippen LogP contribution in [0.3, 0.4) is 0 Å². The van der Waals surface area contributed by atoms with Gasteiger partial charge < -0.3 is 8.98 Å². The fourth-order valence-corrected chi connectivity index (χ4v) is 6.29. The number of aromatic nitrogens is 3. The van der Waals surface area contributed by atoms with Crippen LogP contribution in [-0.2, 0) is 0 Å². The minimum absolute atomic E-state index is 0.878. The van der Waals surface area contributed by atoms with E-state index in [9.17, 15) is 0 Å². The van der Waals surface area contributed by atoms with Gasteiger partial charge in [-0.1, -0.05) is 78.9 Å². The molecule has 0 amide bonds. The number of hydrogen-bond acceptors (Lipinski definition) is 3. The second kappa shape index (κ2) is 8.88. The number of para-hydroxylation sites is 1. The van der Waals surface area contributed by atoms with Crippen molar-refractivity contribution >= 4 is 54.6 Å². The number of rotatable bonds is 3. The molecule has 0 aliphatic carbocycles. The van der Waals surface area contributed by atoms with Crippen LogP contribution in [-0.4, -0.2) is 14.5 Å². The van der Waals surface area contributed by atoms with E-state index in [2.05, 4.69) is 113 Å². The predicted molar refractivity (Wildman–Crippen MR) is 172 cm³/mol. The molecule has 42 heavy (non-hydrogen) atoms. The Bertz CT molecular complexity index is 2470. The molecule has 4 aromatic heterocycles. The molecule has 0 spiro atoms. The highest BCUT2D eigenvalue weighted by Gasteiger charge is 2.18. The summed E-state index contributed by atoms with van der Waals surface area (Å²) < 4.78 is 8.90. The fourth-order valence-electron chi connectivity index (χ4n) is 6.29. The van der Waals surface area contributed by atoms with E-state index in [1.165, 1.54) is 5.39 Å². The molecule has 0 unspecified atom stereocenters. The highest BCUT2D eigenvalue weighted by Crippen LogP contribution is 2.40. The lowest BCUT2D eigenvalue weighted by atomic mass is 10.0. The summed E-state index contributed by atoms with van der Waals surface area (Å²) in [6, 6.07) is 44.6. The van der Waals surface area contributed by atoms with Gasteiger partial charge in [-0.3, -0.25) is 9.97 Å². The number of nitrogens with zero attached hydrogens (tertiary/aromatic N) is 3. The van der Waals surface area contributed by atoms with Crippen molar-refractivity contribution in [2.45, 2.75) is 0 Å². The lowest BCUT2D eigenvalue weighted by Crippen LogP contribution is -1.94. The number of fused-ring (bicyclic) bond motifs is 8. The topological polar surface area (TPSA) is 43.9 Å². The van der Waals surface area contributed by atoms with Gasteiger partial charge in [-0.2, -0.15) is 0 Å². The molecule has 4 heteroatoms. The van der Waals surface area contributed by atoms with E-state index in [0.717, 1.165) is 77.3 Å². The molecular formula is C38H23N3O. The first-order chi connectivity index (χ1) is 20.8. The highest BCUT2D eigenvalue weighted by molar-refractivity contribution is 6.20. The molecule has 0 saturated heterocycles. The monoisotopic (exact) mass is 537 g/mol. The summed E-state index contributed by atoms with van der Waals surface area (Å²) in [7, 11) is 0. The van der Waals surface area contributed by atoms with Crippen LogP contribution >= 0.6 is 0 Å². The van der Waals surface area contributed by atoms with Crippen molar-refractivity contribution < 1.29 is 4.42 Å². The Labute approximate surface area is 241 Å². The molecule has 0 saturated carbocycles. The summed E-state index contributed by atoms with van der Waals surface area (Å²) in [5, 5.41) is 5.57. The number of pyridine rings is 2. The first kappa shape index (κ1) is 23.0. The Morgan fingerprint density at radius 2 is 1.33 bits per heavy atom. The van der Waals surface area contributed by atoms with Gasteiger partial charge in [-0.15, -0.1) is 0 Å². The van der Waals surface area contributed by atoms with Crippen molar-refractivity contribution in [1.82, 2.24) is 14.5 Å². The fraction of sp³-hybridized carbons (Fsp3) is 0. The molecule has 196 valence electrons. The second-order valence-corrected chi connectivity index (χ2v) is 10.7. The molecule has 0 N–H and O–H groups in total. The van der Waals surface area contributed by atoms with Crippen LogP contribution in [0.1, 0.15) is 0 Å². The largest absolute Gasteiger partial charge is 0.455 e. The molecule has 0 radical (unpaired) electrons. The smallest absolute Gasteiger partial charge is 0.144 e. The van der Waals surface area contributed by atoms with E-state index < -0.39 is 0 Å². The maximum absolute atomic E-state index is 6.56. The van der Waals surface area contributed by atoms with Crippen molar-refractivity contribution in [1.29, 1.82) is 0 Å². The maximum atomic E-state index is 6.56. The molecule has 0 fully saturated rings. The molecule has 0 atom stereocenters. The average Bonchev–Trinajstić information content (AvgIpc) is 3.64. The van der Waals surface area contributed by atoms with Crippen molar-refractivity contribution in [3.05, 3.63) is 140 Å². The van der Waals surface area contributed by atoms with Gasteiger partial charge in [0.25, 0.3) is 0 Å².